The Morgan fingerprint density at radius 3 is 2.65 bits per heavy atom. The average molecular weight is 240 g/mol. The van der Waals surface area contributed by atoms with Gasteiger partial charge in [0.05, 0.1) is 6.61 Å². The number of nitrogens with zero attached hydrogens (tertiary/aromatic N) is 1. The van der Waals surface area contributed by atoms with Crippen molar-refractivity contribution in [1.82, 2.24) is 10.2 Å². The smallest absolute Gasteiger partial charge is 0.246 e. The SMILES string of the molecule is CCC1C(=O)NC(C2CC2)C(=O)N1CCOC. The van der Waals surface area contributed by atoms with Crippen molar-refractivity contribution in [2.24, 2.45) is 5.92 Å². The second-order valence-electron chi connectivity index (χ2n) is 4.77. The van der Waals surface area contributed by atoms with Crippen LogP contribution in [0.1, 0.15) is 26.2 Å². The highest BCUT2D eigenvalue weighted by Gasteiger charge is 2.45. The van der Waals surface area contributed by atoms with Crippen LogP contribution in [0.2, 0.25) is 0 Å². The standard InChI is InChI=1S/C12H20N2O3/c1-3-9-11(15)13-10(8-4-5-8)12(16)14(9)6-7-17-2/h8-10H,3-7H2,1-2H3,(H,13,15). The van der Waals surface area contributed by atoms with Crippen LogP contribution in [0.4, 0.5) is 0 Å². The summed E-state index contributed by atoms with van der Waals surface area (Å²) in [4.78, 5) is 25.9. The van der Waals surface area contributed by atoms with E-state index >= 15 is 0 Å². The van der Waals surface area contributed by atoms with Gasteiger partial charge in [-0.05, 0) is 25.2 Å². The summed E-state index contributed by atoms with van der Waals surface area (Å²) in [7, 11) is 1.60. The third-order valence-electron chi connectivity index (χ3n) is 3.54. The number of carbonyl (C=O) groups excluding carboxylic acids is 2. The molecule has 0 aromatic carbocycles. The maximum absolute atomic E-state index is 12.3. The molecule has 0 spiro atoms. The summed E-state index contributed by atoms with van der Waals surface area (Å²) < 4.78 is 5.01. The summed E-state index contributed by atoms with van der Waals surface area (Å²) in [6, 6.07) is -0.616. The highest BCUT2D eigenvalue weighted by Crippen LogP contribution is 2.35. The van der Waals surface area contributed by atoms with Gasteiger partial charge in [-0.3, -0.25) is 9.59 Å². The molecule has 2 amide bonds. The Balaban J connectivity index is 2.09. The molecule has 2 unspecified atom stereocenters. The van der Waals surface area contributed by atoms with Crippen molar-refractivity contribution in [3.8, 4) is 0 Å². The summed E-state index contributed by atoms with van der Waals surface area (Å²) in [5, 5.41) is 2.86. The van der Waals surface area contributed by atoms with Crippen LogP contribution in [0, 0.1) is 5.92 Å². The fourth-order valence-electron chi connectivity index (χ4n) is 2.40. The summed E-state index contributed by atoms with van der Waals surface area (Å²) in [5.41, 5.74) is 0. The maximum atomic E-state index is 12.3. The van der Waals surface area contributed by atoms with E-state index in [9.17, 15) is 9.59 Å². The average Bonchev–Trinajstić information content (AvgIpc) is 3.13. The van der Waals surface area contributed by atoms with Gasteiger partial charge >= 0.3 is 0 Å². The van der Waals surface area contributed by atoms with Gasteiger partial charge in [0.2, 0.25) is 11.8 Å². The van der Waals surface area contributed by atoms with Gasteiger partial charge in [-0.25, -0.2) is 0 Å². The van der Waals surface area contributed by atoms with Crippen molar-refractivity contribution in [3.05, 3.63) is 0 Å². The van der Waals surface area contributed by atoms with E-state index in [-0.39, 0.29) is 23.9 Å². The molecule has 1 heterocycles. The number of nitrogens with one attached hydrogen (secondary N) is 1. The van der Waals surface area contributed by atoms with Crippen molar-refractivity contribution in [2.45, 2.75) is 38.3 Å². The van der Waals surface area contributed by atoms with E-state index in [2.05, 4.69) is 5.32 Å². The number of amides is 2. The molecule has 2 rings (SSSR count). The monoisotopic (exact) mass is 240 g/mol. The Hall–Kier alpha value is -1.10. The molecule has 2 atom stereocenters. The fourth-order valence-corrected chi connectivity index (χ4v) is 2.40. The Kier molecular flexibility index (Phi) is 3.66. The molecule has 96 valence electrons. The second kappa shape index (κ2) is 5.04. The molecule has 2 fully saturated rings. The van der Waals surface area contributed by atoms with E-state index in [4.69, 9.17) is 4.74 Å². The Morgan fingerprint density at radius 1 is 1.41 bits per heavy atom. The molecule has 1 N–H and O–H groups in total. The van der Waals surface area contributed by atoms with Gasteiger partial charge in [-0.2, -0.15) is 0 Å². The summed E-state index contributed by atoms with van der Waals surface area (Å²) in [6.07, 6.45) is 2.75. The van der Waals surface area contributed by atoms with Crippen LogP contribution in [-0.2, 0) is 14.3 Å². The van der Waals surface area contributed by atoms with Crippen molar-refractivity contribution in [1.29, 1.82) is 0 Å². The lowest BCUT2D eigenvalue weighted by Gasteiger charge is -2.38. The zero-order valence-electron chi connectivity index (χ0n) is 10.4. The van der Waals surface area contributed by atoms with Crippen molar-refractivity contribution >= 4 is 11.8 Å². The van der Waals surface area contributed by atoms with E-state index in [0.29, 0.717) is 25.5 Å². The minimum Gasteiger partial charge on any atom is -0.383 e. The molecule has 1 saturated carbocycles. The van der Waals surface area contributed by atoms with Gasteiger partial charge in [-0.1, -0.05) is 6.92 Å². The zero-order valence-corrected chi connectivity index (χ0v) is 10.4. The molecule has 2 aliphatic rings. The minimum atomic E-state index is -0.326. The Bertz CT molecular complexity index is 315. The van der Waals surface area contributed by atoms with Crippen LogP contribution < -0.4 is 5.32 Å². The van der Waals surface area contributed by atoms with E-state index < -0.39 is 0 Å². The van der Waals surface area contributed by atoms with Crippen LogP contribution in [0.25, 0.3) is 0 Å². The van der Waals surface area contributed by atoms with Crippen LogP contribution >= 0.6 is 0 Å². The van der Waals surface area contributed by atoms with Gasteiger partial charge < -0.3 is 15.0 Å². The van der Waals surface area contributed by atoms with Crippen LogP contribution in [-0.4, -0.2) is 49.1 Å². The van der Waals surface area contributed by atoms with Gasteiger partial charge in [0.25, 0.3) is 0 Å². The highest BCUT2D eigenvalue weighted by atomic mass is 16.5. The lowest BCUT2D eigenvalue weighted by Crippen LogP contribution is -2.64. The normalized spacial score (nSPS) is 29.4. The number of rotatable bonds is 5. The number of methoxy groups -OCH3 is 1. The zero-order chi connectivity index (χ0) is 12.4. The second-order valence-corrected chi connectivity index (χ2v) is 4.77. The molecule has 5 nitrogen and oxygen atoms in total. The molecule has 0 bridgehead atoms. The molecule has 0 radical (unpaired) electrons. The topological polar surface area (TPSA) is 58.6 Å². The molecule has 0 aromatic rings. The maximum Gasteiger partial charge on any atom is 0.246 e. The van der Waals surface area contributed by atoms with E-state index in [1.54, 1.807) is 12.0 Å². The van der Waals surface area contributed by atoms with Crippen molar-refractivity contribution < 1.29 is 14.3 Å². The van der Waals surface area contributed by atoms with Crippen LogP contribution in [0.5, 0.6) is 0 Å². The third kappa shape index (κ3) is 2.44. The lowest BCUT2D eigenvalue weighted by atomic mass is 10.0. The minimum absolute atomic E-state index is 0.0138. The first-order chi connectivity index (χ1) is 8.19. The number of piperazine rings is 1. The first-order valence-electron chi connectivity index (χ1n) is 6.28. The van der Waals surface area contributed by atoms with Gasteiger partial charge in [-0.15, -0.1) is 0 Å². The van der Waals surface area contributed by atoms with E-state index in [1.165, 1.54) is 0 Å². The third-order valence-corrected chi connectivity index (χ3v) is 3.54. The first kappa shape index (κ1) is 12.4. The Labute approximate surface area is 101 Å². The van der Waals surface area contributed by atoms with E-state index in [1.807, 2.05) is 6.92 Å². The number of hydrogen-bond acceptors (Lipinski definition) is 3. The predicted molar refractivity (Wildman–Crippen MR) is 62.3 cm³/mol. The molecular weight excluding hydrogens is 220 g/mol. The lowest BCUT2D eigenvalue weighted by molar-refractivity contribution is -0.150. The molecule has 17 heavy (non-hydrogen) atoms. The molecule has 1 aliphatic heterocycles. The molecule has 0 aromatic heterocycles. The molecule has 1 aliphatic carbocycles. The molecule has 1 saturated heterocycles. The summed E-state index contributed by atoms with van der Waals surface area (Å²) >= 11 is 0. The summed E-state index contributed by atoms with van der Waals surface area (Å²) in [5.74, 6) is 0.408. The quantitative estimate of drug-likeness (QED) is 0.744. The first-order valence-corrected chi connectivity index (χ1v) is 6.28. The van der Waals surface area contributed by atoms with Gasteiger partial charge in [0.1, 0.15) is 12.1 Å². The van der Waals surface area contributed by atoms with Crippen LogP contribution in [0.15, 0.2) is 0 Å². The van der Waals surface area contributed by atoms with Gasteiger partial charge in [0, 0.05) is 13.7 Å². The summed E-state index contributed by atoms with van der Waals surface area (Å²) in [6.45, 7) is 2.91. The fraction of sp³-hybridized carbons (Fsp3) is 0.833. The van der Waals surface area contributed by atoms with Crippen molar-refractivity contribution in [3.63, 3.8) is 0 Å². The van der Waals surface area contributed by atoms with Crippen LogP contribution in [0.3, 0.4) is 0 Å². The number of carbonyl (C=O) groups is 2. The predicted octanol–water partition coefficient (Wildman–Crippen LogP) is 0.148. The largest absolute Gasteiger partial charge is 0.383 e. The molecular formula is C12H20N2O3. The number of ether oxygens (including phenoxy) is 1. The van der Waals surface area contributed by atoms with Gasteiger partial charge in [0.15, 0.2) is 0 Å². The van der Waals surface area contributed by atoms with E-state index in [0.717, 1.165) is 12.8 Å². The van der Waals surface area contributed by atoms with Crippen molar-refractivity contribution in [2.75, 3.05) is 20.3 Å². The highest BCUT2D eigenvalue weighted by molar-refractivity contribution is 5.97. The Morgan fingerprint density at radius 2 is 2.12 bits per heavy atom. The number of hydrogen-bond donors (Lipinski definition) is 1. The molecule has 5 heteroatoms.